The number of aryl methyl sites for hydroxylation is 2. The lowest BCUT2D eigenvalue weighted by molar-refractivity contribution is -0.116. The van der Waals surface area contributed by atoms with Crippen LogP contribution in [0.5, 0.6) is 5.75 Å². The average molecular weight is 358 g/mol. The number of anilines is 1. The van der Waals surface area contributed by atoms with E-state index in [1.807, 2.05) is 31.2 Å². The zero-order valence-corrected chi connectivity index (χ0v) is 14.9. The zero-order chi connectivity index (χ0) is 18.0. The quantitative estimate of drug-likeness (QED) is 0.683. The maximum atomic E-state index is 12.4. The Balaban J connectivity index is 1.82. The molecule has 3 aromatic rings. The number of aromatic nitrogens is 5. The number of rotatable bonds is 5. The summed E-state index contributed by atoms with van der Waals surface area (Å²) in [6.45, 7) is 1.91. The highest BCUT2D eigenvalue weighted by Gasteiger charge is 2.14. The topological polar surface area (TPSA) is 89.8 Å². The number of carbonyl (C=O) groups excluding carboxylic acids is 1. The van der Waals surface area contributed by atoms with E-state index in [0.717, 1.165) is 17.0 Å². The maximum absolute atomic E-state index is 12.4. The van der Waals surface area contributed by atoms with Crippen molar-refractivity contribution in [3.63, 3.8) is 0 Å². The summed E-state index contributed by atoms with van der Waals surface area (Å²) in [5.74, 6) is 1.75. The number of carbonyl (C=O) groups is 1. The van der Waals surface area contributed by atoms with Gasteiger partial charge in [0.15, 0.2) is 10.6 Å². The molecule has 0 bridgehead atoms. The summed E-state index contributed by atoms with van der Waals surface area (Å²) in [6, 6.07) is 9.19. The largest absolute Gasteiger partial charge is 0.497 e. The first-order valence-electron chi connectivity index (χ1n) is 7.58. The SMILES string of the molecule is COc1ccc(-c2n[nH]c(=S)n2CC(=O)Nc2cc(C)nn2C)cc1. The van der Waals surface area contributed by atoms with E-state index in [1.54, 1.807) is 29.5 Å². The number of nitrogens with zero attached hydrogens (tertiary/aromatic N) is 4. The molecule has 2 heterocycles. The van der Waals surface area contributed by atoms with Crippen LogP contribution in [-0.2, 0) is 18.4 Å². The van der Waals surface area contributed by atoms with Gasteiger partial charge in [-0.25, -0.2) is 0 Å². The molecule has 0 radical (unpaired) electrons. The monoisotopic (exact) mass is 358 g/mol. The highest BCUT2D eigenvalue weighted by Crippen LogP contribution is 2.21. The molecule has 0 unspecified atom stereocenters. The van der Waals surface area contributed by atoms with Gasteiger partial charge >= 0.3 is 0 Å². The number of nitrogens with one attached hydrogen (secondary N) is 2. The van der Waals surface area contributed by atoms with Crippen LogP contribution in [0.25, 0.3) is 11.4 Å². The molecule has 2 aromatic heterocycles. The van der Waals surface area contributed by atoms with Gasteiger partial charge < -0.3 is 10.1 Å². The summed E-state index contributed by atoms with van der Waals surface area (Å²) in [5, 5.41) is 14.0. The van der Waals surface area contributed by atoms with Crippen LogP contribution in [0.3, 0.4) is 0 Å². The van der Waals surface area contributed by atoms with Crippen LogP contribution in [0.4, 0.5) is 5.82 Å². The minimum atomic E-state index is -0.213. The number of ether oxygens (including phenoxy) is 1. The summed E-state index contributed by atoms with van der Waals surface area (Å²) in [7, 11) is 3.38. The Morgan fingerprint density at radius 1 is 1.36 bits per heavy atom. The van der Waals surface area contributed by atoms with Gasteiger partial charge in [0, 0.05) is 18.7 Å². The van der Waals surface area contributed by atoms with Crippen LogP contribution >= 0.6 is 12.2 Å². The van der Waals surface area contributed by atoms with Crippen LogP contribution in [0.1, 0.15) is 5.69 Å². The molecule has 130 valence electrons. The van der Waals surface area contributed by atoms with E-state index in [4.69, 9.17) is 17.0 Å². The fraction of sp³-hybridized carbons (Fsp3) is 0.250. The molecule has 25 heavy (non-hydrogen) atoms. The molecule has 1 aromatic carbocycles. The average Bonchev–Trinajstić information content (AvgIpc) is 3.10. The molecule has 0 saturated carbocycles. The summed E-state index contributed by atoms with van der Waals surface area (Å²) >= 11 is 5.26. The van der Waals surface area contributed by atoms with E-state index in [1.165, 1.54) is 0 Å². The molecule has 2 N–H and O–H groups in total. The fourth-order valence-corrected chi connectivity index (χ4v) is 2.68. The molecule has 8 nitrogen and oxygen atoms in total. The van der Waals surface area contributed by atoms with Crippen molar-refractivity contribution in [1.29, 1.82) is 0 Å². The predicted octanol–water partition coefficient (Wildman–Crippen LogP) is 2.30. The van der Waals surface area contributed by atoms with Crippen LogP contribution in [0, 0.1) is 11.7 Å². The number of methoxy groups -OCH3 is 1. The third-order valence-electron chi connectivity index (χ3n) is 3.68. The van der Waals surface area contributed by atoms with E-state index in [9.17, 15) is 4.79 Å². The Morgan fingerprint density at radius 3 is 2.68 bits per heavy atom. The van der Waals surface area contributed by atoms with Crippen molar-refractivity contribution in [1.82, 2.24) is 24.5 Å². The van der Waals surface area contributed by atoms with Crippen molar-refractivity contribution in [2.24, 2.45) is 7.05 Å². The normalized spacial score (nSPS) is 10.7. The number of H-pyrrole nitrogens is 1. The molecule has 0 atom stereocenters. The maximum Gasteiger partial charge on any atom is 0.245 e. The fourth-order valence-electron chi connectivity index (χ4n) is 2.48. The van der Waals surface area contributed by atoms with E-state index < -0.39 is 0 Å². The molecule has 0 aliphatic rings. The molecule has 0 aliphatic heterocycles. The van der Waals surface area contributed by atoms with Gasteiger partial charge in [-0.05, 0) is 43.4 Å². The highest BCUT2D eigenvalue weighted by molar-refractivity contribution is 7.71. The molecule has 9 heteroatoms. The zero-order valence-electron chi connectivity index (χ0n) is 14.1. The molecule has 3 rings (SSSR count). The second kappa shape index (κ2) is 6.89. The van der Waals surface area contributed by atoms with Crippen molar-refractivity contribution in [2.45, 2.75) is 13.5 Å². The first kappa shape index (κ1) is 16.9. The lowest BCUT2D eigenvalue weighted by Gasteiger charge is -2.08. The van der Waals surface area contributed by atoms with Gasteiger partial charge in [0.05, 0.1) is 12.8 Å². The van der Waals surface area contributed by atoms with E-state index in [2.05, 4.69) is 20.6 Å². The number of aromatic amines is 1. The minimum absolute atomic E-state index is 0.0426. The van der Waals surface area contributed by atoms with Crippen molar-refractivity contribution >= 4 is 23.9 Å². The first-order chi connectivity index (χ1) is 12.0. The van der Waals surface area contributed by atoms with Gasteiger partial charge in [-0.3, -0.25) is 19.1 Å². The Kier molecular flexibility index (Phi) is 4.66. The van der Waals surface area contributed by atoms with Crippen LogP contribution in [0.15, 0.2) is 30.3 Å². The summed E-state index contributed by atoms with van der Waals surface area (Å²) < 4.78 is 8.80. The Labute approximate surface area is 149 Å². The van der Waals surface area contributed by atoms with Crippen molar-refractivity contribution in [2.75, 3.05) is 12.4 Å². The highest BCUT2D eigenvalue weighted by atomic mass is 32.1. The van der Waals surface area contributed by atoms with E-state index in [-0.39, 0.29) is 12.5 Å². The summed E-state index contributed by atoms with van der Waals surface area (Å²) in [5.41, 5.74) is 1.66. The van der Waals surface area contributed by atoms with E-state index in [0.29, 0.717) is 16.4 Å². The Bertz CT molecular complexity index is 954. The number of benzene rings is 1. The Morgan fingerprint density at radius 2 is 2.08 bits per heavy atom. The van der Waals surface area contributed by atoms with Gasteiger partial charge in [-0.15, -0.1) is 0 Å². The van der Waals surface area contributed by atoms with Crippen LogP contribution in [-0.4, -0.2) is 37.6 Å². The lowest BCUT2D eigenvalue weighted by atomic mass is 10.2. The van der Waals surface area contributed by atoms with Gasteiger partial charge in [0.2, 0.25) is 5.91 Å². The van der Waals surface area contributed by atoms with Gasteiger partial charge in [0.1, 0.15) is 18.1 Å². The third kappa shape index (κ3) is 3.61. The predicted molar refractivity (Wildman–Crippen MR) is 96.0 cm³/mol. The van der Waals surface area contributed by atoms with Crippen molar-refractivity contribution < 1.29 is 9.53 Å². The second-order valence-corrected chi connectivity index (χ2v) is 5.90. The van der Waals surface area contributed by atoms with Crippen molar-refractivity contribution in [3.8, 4) is 17.1 Å². The summed E-state index contributed by atoms with van der Waals surface area (Å²) in [6.07, 6.45) is 0. The van der Waals surface area contributed by atoms with E-state index >= 15 is 0 Å². The molecular weight excluding hydrogens is 340 g/mol. The number of amides is 1. The summed E-state index contributed by atoms with van der Waals surface area (Å²) in [4.78, 5) is 12.4. The molecule has 0 saturated heterocycles. The second-order valence-electron chi connectivity index (χ2n) is 5.51. The first-order valence-corrected chi connectivity index (χ1v) is 7.99. The standard InChI is InChI=1S/C16H18N6O2S/c1-10-8-13(21(2)20-10)17-14(23)9-22-15(18-19-16(22)25)11-4-6-12(24-3)7-5-11/h4-8H,9H2,1-3H3,(H,17,23)(H,19,25). The van der Waals surface area contributed by atoms with Gasteiger partial charge in [0.25, 0.3) is 0 Å². The smallest absolute Gasteiger partial charge is 0.245 e. The lowest BCUT2D eigenvalue weighted by Crippen LogP contribution is -2.21. The Hall–Kier alpha value is -2.94. The minimum Gasteiger partial charge on any atom is -0.497 e. The van der Waals surface area contributed by atoms with Crippen LogP contribution < -0.4 is 10.1 Å². The molecule has 0 aliphatic carbocycles. The molecule has 1 amide bonds. The third-order valence-corrected chi connectivity index (χ3v) is 3.99. The van der Waals surface area contributed by atoms with Crippen LogP contribution in [0.2, 0.25) is 0 Å². The van der Waals surface area contributed by atoms with Crippen molar-refractivity contribution in [3.05, 3.63) is 40.8 Å². The molecule has 0 fully saturated rings. The van der Waals surface area contributed by atoms with Gasteiger partial charge in [-0.2, -0.15) is 10.2 Å². The molecule has 0 spiro atoms. The number of hydrogen-bond acceptors (Lipinski definition) is 5. The van der Waals surface area contributed by atoms with Gasteiger partial charge in [-0.1, -0.05) is 0 Å². The molecular formula is C16H18N6O2S. The number of hydrogen-bond donors (Lipinski definition) is 2.